The zero-order chi connectivity index (χ0) is 17.1. The van der Waals surface area contributed by atoms with Gasteiger partial charge in [-0.3, -0.25) is 5.41 Å². The van der Waals surface area contributed by atoms with Crippen molar-refractivity contribution in [1.82, 2.24) is 0 Å². The highest BCUT2D eigenvalue weighted by atomic mass is 16.4. The lowest BCUT2D eigenvalue weighted by molar-refractivity contribution is -0.131. The minimum Gasteiger partial charge on any atom is -0.510 e. The quantitative estimate of drug-likeness (QED) is 0.752. The molecule has 0 unspecified atom stereocenters. The molecule has 0 spiro atoms. The highest BCUT2D eigenvalue weighted by Gasteiger charge is 2.29. The molecule has 0 fully saturated rings. The Labute approximate surface area is 139 Å². The number of nitrogens with one attached hydrogen (secondary N) is 1. The van der Waals surface area contributed by atoms with Crippen molar-refractivity contribution in [2.75, 3.05) is 11.4 Å². The van der Waals surface area contributed by atoms with Crippen molar-refractivity contribution >= 4 is 29.1 Å². The zero-order valence-corrected chi connectivity index (χ0v) is 12.8. The summed E-state index contributed by atoms with van der Waals surface area (Å²) in [5, 5.41) is 27.4. The first-order valence-corrected chi connectivity index (χ1v) is 7.41. The summed E-state index contributed by atoms with van der Waals surface area (Å²) in [7, 11) is 0. The molecule has 0 aliphatic carbocycles. The lowest BCUT2D eigenvalue weighted by atomic mass is 10.1. The molecule has 3 rings (SSSR count). The maximum atomic E-state index is 10.6. The third kappa shape index (κ3) is 3.05. The van der Waals surface area contributed by atoms with Gasteiger partial charge in [-0.2, -0.15) is 0 Å². The molecule has 120 valence electrons. The number of rotatable bonds is 4. The van der Waals surface area contributed by atoms with Gasteiger partial charge < -0.3 is 15.1 Å². The Bertz CT molecular complexity index is 854. The number of anilines is 1. The number of aliphatic carboxylic acids is 1. The molecule has 5 heteroatoms. The number of aliphatic hydroxyl groups excluding tert-OH is 1. The van der Waals surface area contributed by atoms with Gasteiger partial charge in [0.15, 0.2) is 0 Å². The van der Waals surface area contributed by atoms with Crippen LogP contribution in [0.15, 0.2) is 66.4 Å². The van der Waals surface area contributed by atoms with Crippen molar-refractivity contribution in [2.24, 2.45) is 0 Å². The molecule has 0 atom stereocenters. The van der Waals surface area contributed by atoms with E-state index in [0.29, 0.717) is 5.57 Å². The van der Waals surface area contributed by atoms with Crippen LogP contribution in [0.3, 0.4) is 0 Å². The number of amidine groups is 1. The Morgan fingerprint density at radius 2 is 1.88 bits per heavy atom. The number of benzene rings is 2. The molecule has 0 amide bonds. The van der Waals surface area contributed by atoms with Gasteiger partial charge in [0, 0.05) is 11.8 Å². The Morgan fingerprint density at radius 1 is 1.12 bits per heavy atom. The number of nitrogens with zero attached hydrogens (tertiary/aromatic N) is 1. The van der Waals surface area contributed by atoms with E-state index in [2.05, 4.69) is 0 Å². The van der Waals surface area contributed by atoms with Crippen LogP contribution in [-0.4, -0.2) is 28.6 Å². The van der Waals surface area contributed by atoms with Crippen molar-refractivity contribution in [3.8, 4) is 0 Å². The van der Waals surface area contributed by atoms with Crippen LogP contribution in [0, 0.1) is 5.41 Å². The monoisotopic (exact) mass is 320 g/mol. The number of aliphatic hydroxyl groups is 1. The Kier molecular flexibility index (Phi) is 4.16. The van der Waals surface area contributed by atoms with Crippen molar-refractivity contribution in [2.45, 2.75) is 0 Å². The zero-order valence-electron chi connectivity index (χ0n) is 12.8. The second-order valence-corrected chi connectivity index (χ2v) is 5.39. The van der Waals surface area contributed by atoms with E-state index in [-0.39, 0.29) is 18.1 Å². The molecule has 0 aromatic heterocycles. The van der Waals surface area contributed by atoms with E-state index in [1.165, 1.54) is 6.08 Å². The molecule has 5 nitrogen and oxygen atoms in total. The maximum Gasteiger partial charge on any atom is 0.328 e. The summed E-state index contributed by atoms with van der Waals surface area (Å²) in [5.74, 6) is -0.643. The lowest BCUT2D eigenvalue weighted by Gasteiger charge is -2.19. The van der Waals surface area contributed by atoms with Gasteiger partial charge >= 0.3 is 5.97 Å². The summed E-state index contributed by atoms with van der Waals surface area (Å²) >= 11 is 0. The largest absolute Gasteiger partial charge is 0.510 e. The van der Waals surface area contributed by atoms with Gasteiger partial charge in [0.1, 0.15) is 11.6 Å². The second-order valence-electron chi connectivity index (χ2n) is 5.39. The number of carboxylic acid groups (broad SMARTS) is 1. The summed E-state index contributed by atoms with van der Waals surface area (Å²) in [6, 6.07) is 16.5. The minimum atomic E-state index is -1.01. The third-order valence-electron chi connectivity index (χ3n) is 3.77. The van der Waals surface area contributed by atoms with E-state index in [9.17, 15) is 9.90 Å². The van der Waals surface area contributed by atoms with E-state index < -0.39 is 5.97 Å². The first-order chi connectivity index (χ1) is 11.6. The molecule has 0 radical (unpaired) electrons. The molecule has 1 aliphatic heterocycles. The van der Waals surface area contributed by atoms with Gasteiger partial charge in [-0.15, -0.1) is 0 Å². The Balaban J connectivity index is 1.89. The maximum absolute atomic E-state index is 10.6. The van der Waals surface area contributed by atoms with Crippen LogP contribution < -0.4 is 4.90 Å². The van der Waals surface area contributed by atoms with Gasteiger partial charge in [-0.05, 0) is 29.3 Å². The number of carbonyl (C=O) groups is 1. The molecular formula is C19H16N2O3. The highest BCUT2D eigenvalue weighted by molar-refractivity contribution is 6.30. The van der Waals surface area contributed by atoms with Crippen LogP contribution in [0.2, 0.25) is 0 Å². The van der Waals surface area contributed by atoms with E-state index in [1.54, 1.807) is 23.1 Å². The standard InChI is InChI=1S/C19H16N2O3/c20-19-18(14-6-2-1-3-7-14)16(22)12-21(19)15-8-4-5-13(11-15)9-10-17(23)24/h1-11,20,22H,12H2,(H,23,24). The first kappa shape index (κ1) is 15.6. The lowest BCUT2D eigenvalue weighted by Crippen LogP contribution is -2.26. The predicted octanol–water partition coefficient (Wildman–Crippen LogP) is 3.55. The topological polar surface area (TPSA) is 84.6 Å². The van der Waals surface area contributed by atoms with E-state index >= 15 is 0 Å². The summed E-state index contributed by atoms with van der Waals surface area (Å²) in [4.78, 5) is 12.3. The predicted molar refractivity (Wildman–Crippen MR) is 94.2 cm³/mol. The van der Waals surface area contributed by atoms with Crippen LogP contribution in [0.4, 0.5) is 5.69 Å². The van der Waals surface area contributed by atoms with Crippen molar-refractivity contribution in [1.29, 1.82) is 5.41 Å². The van der Waals surface area contributed by atoms with Crippen LogP contribution in [0.5, 0.6) is 0 Å². The molecule has 0 bridgehead atoms. The van der Waals surface area contributed by atoms with Crippen molar-refractivity contribution < 1.29 is 15.0 Å². The molecule has 2 aromatic carbocycles. The van der Waals surface area contributed by atoms with Gasteiger partial charge in [0.05, 0.1) is 12.1 Å². The van der Waals surface area contributed by atoms with Gasteiger partial charge in [-0.1, -0.05) is 42.5 Å². The number of carboxylic acids is 1. The summed E-state index contributed by atoms with van der Waals surface area (Å²) in [5.41, 5.74) is 2.76. The van der Waals surface area contributed by atoms with E-state index in [0.717, 1.165) is 22.9 Å². The highest BCUT2D eigenvalue weighted by Crippen LogP contribution is 2.31. The second kappa shape index (κ2) is 6.42. The van der Waals surface area contributed by atoms with E-state index in [1.807, 2.05) is 36.4 Å². The number of hydrogen-bond acceptors (Lipinski definition) is 3. The van der Waals surface area contributed by atoms with Crippen LogP contribution in [-0.2, 0) is 4.79 Å². The third-order valence-corrected chi connectivity index (χ3v) is 3.77. The smallest absolute Gasteiger partial charge is 0.328 e. The fraction of sp³-hybridized carbons (Fsp3) is 0.0526. The van der Waals surface area contributed by atoms with Crippen LogP contribution in [0.25, 0.3) is 11.6 Å². The SMILES string of the molecule is N=C1C(c2ccccc2)=C(O)CN1c1cccc(C=CC(=O)O)c1. The first-order valence-electron chi connectivity index (χ1n) is 7.41. The molecule has 0 saturated carbocycles. The van der Waals surface area contributed by atoms with Crippen molar-refractivity contribution in [3.63, 3.8) is 0 Å². The van der Waals surface area contributed by atoms with Crippen molar-refractivity contribution in [3.05, 3.63) is 77.6 Å². The van der Waals surface area contributed by atoms with Crippen LogP contribution in [0.1, 0.15) is 11.1 Å². The molecule has 1 aliphatic rings. The van der Waals surface area contributed by atoms with E-state index in [4.69, 9.17) is 10.5 Å². The van der Waals surface area contributed by atoms with Gasteiger partial charge in [0.25, 0.3) is 0 Å². The molecule has 1 heterocycles. The summed E-state index contributed by atoms with van der Waals surface area (Å²) in [6.45, 7) is 0.217. The van der Waals surface area contributed by atoms with Gasteiger partial charge in [0.2, 0.25) is 0 Å². The average Bonchev–Trinajstić information content (AvgIpc) is 2.88. The minimum absolute atomic E-state index is 0.151. The molecular weight excluding hydrogens is 304 g/mol. The molecule has 3 N–H and O–H groups in total. The normalized spacial score (nSPS) is 14.7. The fourth-order valence-corrected chi connectivity index (χ4v) is 2.67. The molecule has 24 heavy (non-hydrogen) atoms. The molecule has 2 aromatic rings. The summed E-state index contributed by atoms with van der Waals surface area (Å²) < 4.78 is 0. The Hall–Kier alpha value is -3.34. The summed E-state index contributed by atoms with van der Waals surface area (Å²) in [6.07, 6.45) is 2.57. The fourth-order valence-electron chi connectivity index (χ4n) is 2.67. The molecule has 0 saturated heterocycles. The average molecular weight is 320 g/mol. The Morgan fingerprint density at radius 3 is 2.58 bits per heavy atom. The van der Waals surface area contributed by atoms with Crippen LogP contribution >= 0.6 is 0 Å². The number of hydrogen-bond donors (Lipinski definition) is 3. The van der Waals surface area contributed by atoms with Gasteiger partial charge in [-0.25, -0.2) is 4.79 Å².